The summed E-state index contributed by atoms with van der Waals surface area (Å²) in [5.41, 5.74) is 10.0. The van der Waals surface area contributed by atoms with E-state index in [0.29, 0.717) is 11.8 Å². The zero-order valence-corrected chi connectivity index (χ0v) is 23.4. The van der Waals surface area contributed by atoms with E-state index in [4.69, 9.17) is 0 Å². The van der Waals surface area contributed by atoms with Gasteiger partial charge in [0.1, 0.15) is 0 Å². The van der Waals surface area contributed by atoms with Crippen LogP contribution in [0.4, 0.5) is 0 Å². The molecule has 6 rings (SSSR count). The molecule has 3 heteroatoms. The summed E-state index contributed by atoms with van der Waals surface area (Å²) >= 11 is -2.39. The Morgan fingerprint density at radius 1 is 0.636 bits per heavy atom. The van der Waals surface area contributed by atoms with Gasteiger partial charge in [0.05, 0.1) is 0 Å². The summed E-state index contributed by atoms with van der Waals surface area (Å²) < 4.78 is 3.65. The van der Waals surface area contributed by atoms with E-state index in [2.05, 4.69) is 88.4 Å². The maximum atomic E-state index is 2.61. The molecule has 1 aliphatic heterocycles. The van der Waals surface area contributed by atoms with Gasteiger partial charge in [-0.05, 0) is 0 Å². The second kappa shape index (κ2) is 9.35. The topological polar surface area (TPSA) is 0 Å². The molecule has 1 heterocycles. The predicted octanol–water partition coefficient (Wildman–Crippen LogP) is 2.90. The van der Waals surface area contributed by atoms with Crippen LogP contribution in [0.2, 0.25) is 8.45 Å². The first-order valence-corrected chi connectivity index (χ1v) is 16.3. The summed E-state index contributed by atoms with van der Waals surface area (Å²) in [5.74, 6) is 1.29. The maximum Gasteiger partial charge on any atom is -1.00 e. The van der Waals surface area contributed by atoms with Crippen LogP contribution < -0.4 is 24.8 Å². The minimum absolute atomic E-state index is 0. The molecule has 4 aliphatic rings. The van der Waals surface area contributed by atoms with Crippen molar-refractivity contribution in [3.05, 3.63) is 81.9 Å². The first-order valence-electron chi connectivity index (χ1n) is 12.7. The molecule has 33 heavy (non-hydrogen) atoms. The molecule has 0 bridgehead atoms. The number of fused-ring (bicyclic) bond motifs is 3. The first-order chi connectivity index (χ1) is 15.0. The first kappa shape index (κ1) is 25.3. The van der Waals surface area contributed by atoms with E-state index in [-0.39, 0.29) is 24.8 Å². The Labute approximate surface area is 216 Å². The van der Waals surface area contributed by atoms with Crippen molar-refractivity contribution in [1.82, 2.24) is 0 Å². The maximum absolute atomic E-state index is 2.61. The Bertz CT molecular complexity index is 1010. The third-order valence-electron chi connectivity index (χ3n) is 9.20. The van der Waals surface area contributed by atoms with Crippen LogP contribution in [0.5, 0.6) is 0 Å². The zero-order chi connectivity index (χ0) is 21.3. The second-order valence-corrected chi connectivity index (χ2v) is 18.5. The SMILES string of the molecule is CC(C)C1=Cc2ccccc2[CH]1[Ti+2]1([CH]2C(C(C)C)=Cc3ccccc32)[CH]2CCCC[CH]21.[Cl-].[Cl-]. The summed E-state index contributed by atoms with van der Waals surface area (Å²) in [5, 5.41) is 0. The van der Waals surface area contributed by atoms with Crippen molar-refractivity contribution < 1.29 is 41.4 Å². The van der Waals surface area contributed by atoms with Gasteiger partial charge in [-0.2, -0.15) is 0 Å². The quantitative estimate of drug-likeness (QED) is 0.550. The van der Waals surface area contributed by atoms with E-state index in [0.717, 1.165) is 16.9 Å². The fourth-order valence-electron chi connectivity index (χ4n) is 8.05. The smallest absolute Gasteiger partial charge is 1.00 e. The number of rotatable bonds is 4. The van der Waals surface area contributed by atoms with Gasteiger partial charge in [0.25, 0.3) is 0 Å². The molecule has 1 saturated heterocycles. The molecule has 0 amide bonds. The van der Waals surface area contributed by atoms with Gasteiger partial charge in [-0.25, -0.2) is 0 Å². The van der Waals surface area contributed by atoms with Gasteiger partial charge in [0.2, 0.25) is 0 Å². The molecule has 0 spiro atoms. The summed E-state index contributed by atoms with van der Waals surface area (Å²) in [6.45, 7) is 9.81. The third-order valence-corrected chi connectivity index (χ3v) is 19.9. The van der Waals surface area contributed by atoms with Crippen molar-refractivity contribution in [2.24, 2.45) is 11.8 Å². The van der Waals surface area contributed by atoms with Crippen LogP contribution in [0.3, 0.4) is 0 Å². The Kier molecular flexibility index (Phi) is 7.17. The van der Waals surface area contributed by atoms with Crippen LogP contribution in [0, 0.1) is 11.8 Å². The molecule has 1 saturated carbocycles. The van der Waals surface area contributed by atoms with Gasteiger partial charge in [-0.15, -0.1) is 0 Å². The van der Waals surface area contributed by atoms with Crippen LogP contribution in [-0.2, 0) is 16.6 Å². The molecule has 2 aromatic rings. The number of allylic oxidation sites excluding steroid dienone is 2. The fraction of sp³-hybridized carbons (Fsp3) is 0.467. The molecule has 4 atom stereocenters. The molecule has 0 aromatic heterocycles. The Balaban J connectivity index is 0.00000130. The Hall–Kier alpha value is -0.786. The monoisotopic (exact) mass is 514 g/mol. The summed E-state index contributed by atoms with van der Waals surface area (Å²) in [4.78, 5) is 0. The summed E-state index contributed by atoms with van der Waals surface area (Å²) in [7, 11) is 0. The van der Waals surface area contributed by atoms with E-state index in [1.54, 1.807) is 22.3 Å². The van der Waals surface area contributed by atoms with E-state index in [1.165, 1.54) is 36.8 Å². The average Bonchev–Trinajstić information content (AvgIpc) is 3.09. The molecule has 4 unspecified atom stereocenters. The van der Waals surface area contributed by atoms with Crippen molar-refractivity contribution in [3.8, 4) is 0 Å². The van der Waals surface area contributed by atoms with E-state index in [9.17, 15) is 0 Å². The van der Waals surface area contributed by atoms with Crippen LogP contribution in [0.15, 0.2) is 59.7 Å². The van der Waals surface area contributed by atoms with Crippen LogP contribution >= 0.6 is 0 Å². The van der Waals surface area contributed by atoms with E-state index >= 15 is 0 Å². The minimum Gasteiger partial charge on any atom is -1.00 e. The fourth-order valence-corrected chi connectivity index (χ4v) is 22.7. The van der Waals surface area contributed by atoms with E-state index in [1.807, 2.05) is 0 Å². The van der Waals surface area contributed by atoms with Crippen LogP contribution in [0.1, 0.15) is 84.1 Å². The van der Waals surface area contributed by atoms with Crippen molar-refractivity contribution >= 4 is 12.2 Å². The number of benzene rings is 2. The van der Waals surface area contributed by atoms with Crippen molar-refractivity contribution in [3.63, 3.8) is 0 Å². The third kappa shape index (κ3) is 3.58. The zero-order valence-electron chi connectivity index (χ0n) is 20.3. The van der Waals surface area contributed by atoms with Gasteiger partial charge in [-0.1, -0.05) is 0 Å². The molecule has 2 fully saturated rings. The molecule has 3 aliphatic carbocycles. The van der Waals surface area contributed by atoms with Crippen LogP contribution in [-0.4, -0.2) is 0 Å². The summed E-state index contributed by atoms with van der Waals surface area (Å²) in [6, 6.07) is 18.9. The molecule has 2 aromatic carbocycles. The number of hydrogen-bond donors (Lipinski definition) is 0. The molecule has 0 nitrogen and oxygen atoms in total. The van der Waals surface area contributed by atoms with Crippen LogP contribution in [0.25, 0.3) is 12.2 Å². The molecule has 174 valence electrons. The molecule has 0 N–H and O–H groups in total. The molecular weight excluding hydrogens is 479 g/mol. The molecule has 0 radical (unpaired) electrons. The predicted molar refractivity (Wildman–Crippen MR) is 130 cm³/mol. The van der Waals surface area contributed by atoms with Crippen molar-refractivity contribution in [2.75, 3.05) is 0 Å². The van der Waals surface area contributed by atoms with Gasteiger partial charge in [0, 0.05) is 0 Å². The summed E-state index contributed by atoms with van der Waals surface area (Å²) in [6.07, 6.45) is 11.2. The largest absolute Gasteiger partial charge is 1.00 e. The van der Waals surface area contributed by atoms with E-state index < -0.39 is 16.6 Å². The van der Waals surface area contributed by atoms with Crippen molar-refractivity contribution in [1.29, 1.82) is 0 Å². The standard InChI is InChI=1S/2C12H13.C6H10.2ClH.Ti/c2*1-9(2)12-7-10-5-3-4-6-11(10)8-12;1-2-4-6-5-3-1;;;/h2*3-9H,1-2H3;1-2H,3-6H2;2*1H;/q;;;;;+2/p-2. The Morgan fingerprint density at radius 3 is 1.42 bits per heavy atom. The normalized spacial score (nSPS) is 29.2. The Morgan fingerprint density at radius 2 is 1.03 bits per heavy atom. The second-order valence-electron chi connectivity index (χ2n) is 11.2. The van der Waals surface area contributed by atoms with Gasteiger partial charge in [-0.3, -0.25) is 0 Å². The number of hydrogen-bond acceptors (Lipinski definition) is 0. The van der Waals surface area contributed by atoms with Gasteiger partial charge in [0.15, 0.2) is 0 Å². The van der Waals surface area contributed by atoms with Gasteiger partial charge < -0.3 is 24.8 Å². The molecular formula is C30H36Cl2Ti. The average molecular weight is 515 g/mol. The minimum atomic E-state index is -2.39. The number of halogens is 2. The van der Waals surface area contributed by atoms with Crippen molar-refractivity contribution in [2.45, 2.75) is 70.3 Å². The van der Waals surface area contributed by atoms with Gasteiger partial charge >= 0.3 is 193 Å².